The highest BCUT2D eigenvalue weighted by Crippen LogP contribution is 2.43. The van der Waals surface area contributed by atoms with Gasteiger partial charge in [0.25, 0.3) is 0 Å². The molecule has 2 heterocycles. The van der Waals surface area contributed by atoms with E-state index < -0.39 is 0 Å². The third-order valence-electron chi connectivity index (χ3n) is 11.9. The molecule has 0 saturated carbocycles. The standard InChI is InChI=1S/C54H34N2/c1-3-13-35(14-4-1)36-23-27-40(28-24-36)56-51-21-11-9-19-44(51)46-30-26-38(32-53(46)56)37-25-29-43-47(31-37)41-17-7-8-18-42(41)49-34-54-50(33-48(43)49)45-20-10-12-22-52(45)55(54)39-15-5-2-6-16-39/h1-34H. The Labute approximate surface area is 323 Å². The summed E-state index contributed by atoms with van der Waals surface area (Å²) in [5, 5.41) is 12.7. The molecule has 0 unspecified atom stereocenters. The molecule has 10 aromatic carbocycles. The Kier molecular flexibility index (Phi) is 6.66. The van der Waals surface area contributed by atoms with E-state index in [0.29, 0.717) is 0 Å². The Morgan fingerprint density at radius 3 is 1.29 bits per heavy atom. The van der Waals surface area contributed by atoms with Gasteiger partial charge in [0.2, 0.25) is 0 Å². The van der Waals surface area contributed by atoms with Gasteiger partial charge in [-0.15, -0.1) is 0 Å². The molecule has 0 fully saturated rings. The van der Waals surface area contributed by atoms with Gasteiger partial charge in [0.1, 0.15) is 0 Å². The number of hydrogen-bond donors (Lipinski definition) is 0. The summed E-state index contributed by atoms with van der Waals surface area (Å²) in [4.78, 5) is 0. The molecule has 12 rings (SSSR count). The van der Waals surface area contributed by atoms with Gasteiger partial charge in [-0.25, -0.2) is 0 Å². The summed E-state index contributed by atoms with van der Waals surface area (Å²) in [5.41, 5.74) is 12.1. The third-order valence-corrected chi connectivity index (χ3v) is 11.9. The van der Waals surface area contributed by atoms with Crippen molar-refractivity contribution in [2.45, 2.75) is 0 Å². The molecule has 12 aromatic rings. The molecule has 0 spiro atoms. The zero-order valence-corrected chi connectivity index (χ0v) is 30.5. The third kappa shape index (κ3) is 4.57. The van der Waals surface area contributed by atoms with Crippen molar-refractivity contribution in [2.24, 2.45) is 0 Å². The molecule has 56 heavy (non-hydrogen) atoms. The fraction of sp³-hybridized carbons (Fsp3) is 0. The molecular formula is C54H34N2. The quantitative estimate of drug-likeness (QED) is 0.161. The van der Waals surface area contributed by atoms with Crippen LogP contribution in [0.4, 0.5) is 0 Å². The highest BCUT2D eigenvalue weighted by molar-refractivity contribution is 6.29. The molecule has 0 aliphatic heterocycles. The van der Waals surface area contributed by atoms with Crippen LogP contribution in [-0.4, -0.2) is 9.13 Å². The van der Waals surface area contributed by atoms with Gasteiger partial charge in [-0.3, -0.25) is 0 Å². The monoisotopic (exact) mass is 710 g/mol. The van der Waals surface area contributed by atoms with Crippen molar-refractivity contribution in [3.8, 4) is 33.6 Å². The molecule has 0 amide bonds. The number of hydrogen-bond acceptors (Lipinski definition) is 0. The van der Waals surface area contributed by atoms with Crippen molar-refractivity contribution < 1.29 is 0 Å². The van der Waals surface area contributed by atoms with Crippen molar-refractivity contribution >= 4 is 75.9 Å². The summed E-state index contributed by atoms with van der Waals surface area (Å²) < 4.78 is 4.84. The average molecular weight is 711 g/mol. The number of para-hydroxylation sites is 3. The zero-order chi connectivity index (χ0) is 36.7. The highest BCUT2D eigenvalue weighted by Gasteiger charge is 2.18. The normalized spacial score (nSPS) is 11.9. The lowest BCUT2D eigenvalue weighted by molar-refractivity contribution is 1.18. The van der Waals surface area contributed by atoms with Crippen LogP contribution in [0.15, 0.2) is 206 Å². The molecule has 260 valence electrons. The average Bonchev–Trinajstić information content (AvgIpc) is 3.78. The van der Waals surface area contributed by atoms with Gasteiger partial charge < -0.3 is 9.13 Å². The molecule has 0 aliphatic rings. The number of benzene rings is 10. The van der Waals surface area contributed by atoms with Gasteiger partial charge in [0.05, 0.1) is 22.1 Å². The van der Waals surface area contributed by atoms with E-state index in [0.717, 1.165) is 5.69 Å². The second kappa shape index (κ2) is 12.0. The van der Waals surface area contributed by atoms with E-state index in [1.807, 2.05) is 0 Å². The molecule has 0 atom stereocenters. The predicted octanol–water partition coefficient (Wildman–Crippen LogP) is 14.7. The summed E-state index contributed by atoms with van der Waals surface area (Å²) in [6, 6.07) is 75.7. The molecule has 2 nitrogen and oxygen atoms in total. The lowest BCUT2D eigenvalue weighted by Gasteiger charge is -2.14. The Morgan fingerprint density at radius 2 is 0.607 bits per heavy atom. The van der Waals surface area contributed by atoms with Gasteiger partial charge in [0, 0.05) is 32.9 Å². The van der Waals surface area contributed by atoms with Crippen LogP contribution in [0, 0.1) is 0 Å². The molecule has 0 radical (unpaired) electrons. The van der Waals surface area contributed by atoms with Crippen molar-refractivity contribution in [2.75, 3.05) is 0 Å². The minimum atomic E-state index is 1.16. The minimum Gasteiger partial charge on any atom is -0.309 e. The first kappa shape index (κ1) is 31.0. The van der Waals surface area contributed by atoms with Crippen LogP contribution in [-0.2, 0) is 0 Å². The summed E-state index contributed by atoms with van der Waals surface area (Å²) in [6.45, 7) is 0. The van der Waals surface area contributed by atoms with Gasteiger partial charge in [-0.1, -0.05) is 146 Å². The Balaban J connectivity index is 1.07. The van der Waals surface area contributed by atoms with Crippen molar-refractivity contribution in [3.63, 3.8) is 0 Å². The molecule has 2 heteroatoms. The smallest absolute Gasteiger partial charge is 0.0547 e. The van der Waals surface area contributed by atoms with Gasteiger partial charge in [-0.05, 0) is 115 Å². The summed E-state index contributed by atoms with van der Waals surface area (Å²) in [7, 11) is 0. The minimum absolute atomic E-state index is 1.16. The molecule has 0 aliphatic carbocycles. The van der Waals surface area contributed by atoms with Crippen LogP contribution in [0.2, 0.25) is 0 Å². The van der Waals surface area contributed by atoms with Crippen molar-refractivity contribution in [1.29, 1.82) is 0 Å². The van der Waals surface area contributed by atoms with Gasteiger partial charge in [-0.2, -0.15) is 0 Å². The second-order valence-corrected chi connectivity index (χ2v) is 14.9. The lowest BCUT2D eigenvalue weighted by atomic mass is 9.91. The van der Waals surface area contributed by atoms with E-state index in [4.69, 9.17) is 0 Å². The maximum atomic E-state index is 2.44. The number of aromatic nitrogens is 2. The second-order valence-electron chi connectivity index (χ2n) is 14.9. The van der Waals surface area contributed by atoms with E-state index in [1.54, 1.807) is 0 Å². The zero-order valence-electron chi connectivity index (χ0n) is 30.5. The van der Waals surface area contributed by atoms with Crippen LogP contribution < -0.4 is 0 Å². The van der Waals surface area contributed by atoms with Gasteiger partial charge in [0.15, 0.2) is 0 Å². The van der Waals surface area contributed by atoms with E-state index in [-0.39, 0.29) is 0 Å². The Bertz CT molecular complexity index is 3500. The molecule has 0 bridgehead atoms. The molecule has 2 aromatic heterocycles. The van der Waals surface area contributed by atoms with Crippen molar-refractivity contribution in [1.82, 2.24) is 9.13 Å². The van der Waals surface area contributed by atoms with Crippen LogP contribution in [0.3, 0.4) is 0 Å². The molecule has 0 saturated heterocycles. The van der Waals surface area contributed by atoms with Crippen molar-refractivity contribution in [3.05, 3.63) is 206 Å². The van der Waals surface area contributed by atoms with Crippen LogP contribution >= 0.6 is 0 Å². The van der Waals surface area contributed by atoms with Crippen LogP contribution in [0.1, 0.15) is 0 Å². The highest BCUT2D eigenvalue weighted by atomic mass is 15.0. The number of fused-ring (bicyclic) bond motifs is 12. The van der Waals surface area contributed by atoms with Crippen LogP contribution in [0.25, 0.3) is 110 Å². The Hall–Kier alpha value is -7.42. The first-order chi connectivity index (χ1) is 27.8. The van der Waals surface area contributed by atoms with E-state index in [9.17, 15) is 0 Å². The maximum absolute atomic E-state index is 2.44. The fourth-order valence-corrected chi connectivity index (χ4v) is 9.31. The number of rotatable bonds is 4. The van der Waals surface area contributed by atoms with E-state index >= 15 is 0 Å². The SMILES string of the molecule is c1ccc(-c2ccc(-n3c4ccccc4c4ccc(-c5ccc6c(c5)c5ccccc5c5cc7c(cc65)c5ccccc5n7-c5ccccc5)cc43)cc2)cc1. The predicted molar refractivity (Wildman–Crippen MR) is 239 cm³/mol. The molecule has 0 N–H and O–H groups in total. The maximum Gasteiger partial charge on any atom is 0.0547 e. The van der Waals surface area contributed by atoms with Crippen LogP contribution in [0.5, 0.6) is 0 Å². The van der Waals surface area contributed by atoms with E-state index in [2.05, 4.69) is 215 Å². The summed E-state index contributed by atoms with van der Waals surface area (Å²) in [6.07, 6.45) is 0. The summed E-state index contributed by atoms with van der Waals surface area (Å²) in [5.74, 6) is 0. The first-order valence-electron chi connectivity index (χ1n) is 19.3. The van der Waals surface area contributed by atoms with E-state index in [1.165, 1.54) is 104 Å². The number of nitrogens with zero attached hydrogens (tertiary/aromatic N) is 2. The lowest BCUT2D eigenvalue weighted by Crippen LogP contribution is -1.94. The largest absolute Gasteiger partial charge is 0.309 e. The summed E-state index contributed by atoms with van der Waals surface area (Å²) >= 11 is 0. The molecular weight excluding hydrogens is 677 g/mol. The topological polar surface area (TPSA) is 9.86 Å². The van der Waals surface area contributed by atoms with Gasteiger partial charge >= 0.3 is 0 Å². The Morgan fingerprint density at radius 1 is 0.196 bits per heavy atom. The fourth-order valence-electron chi connectivity index (χ4n) is 9.31. The first-order valence-corrected chi connectivity index (χ1v) is 19.3.